The number of aromatic carboxylic acids is 1. The maximum absolute atomic E-state index is 11.0. The zero-order valence-electron chi connectivity index (χ0n) is 10.9. The van der Waals surface area contributed by atoms with E-state index in [2.05, 4.69) is 4.98 Å². The minimum Gasteiger partial charge on any atom is -0.486 e. The molecule has 2 aromatic rings. The van der Waals surface area contributed by atoms with Crippen molar-refractivity contribution < 1.29 is 14.6 Å². The fourth-order valence-corrected chi connectivity index (χ4v) is 1.78. The number of aromatic nitrogens is 1. The fourth-order valence-electron chi connectivity index (χ4n) is 1.78. The van der Waals surface area contributed by atoms with E-state index in [-0.39, 0.29) is 11.4 Å². The Kier molecular flexibility index (Phi) is 3.80. The molecule has 1 heterocycles. The van der Waals surface area contributed by atoms with E-state index in [1.807, 2.05) is 32.0 Å². The van der Waals surface area contributed by atoms with Crippen LogP contribution in [0, 0.1) is 13.8 Å². The number of pyridine rings is 1. The summed E-state index contributed by atoms with van der Waals surface area (Å²) in [7, 11) is 0. The van der Waals surface area contributed by atoms with Crippen LogP contribution in [-0.4, -0.2) is 16.1 Å². The summed E-state index contributed by atoms with van der Waals surface area (Å²) in [6.07, 6.45) is 1.44. The number of carboxylic acid groups (broad SMARTS) is 1. The molecule has 0 spiro atoms. The highest BCUT2D eigenvalue weighted by Gasteiger charge is 2.12. The van der Waals surface area contributed by atoms with Crippen LogP contribution in [0.5, 0.6) is 5.75 Å². The summed E-state index contributed by atoms with van der Waals surface area (Å²) in [5.41, 5.74) is 3.24. The average molecular weight is 257 g/mol. The van der Waals surface area contributed by atoms with E-state index in [4.69, 9.17) is 9.84 Å². The Morgan fingerprint density at radius 3 is 2.84 bits per heavy atom. The van der Waals surface area contributed by atoms with E-state index >= 15 is 0 Å². The number of hydrogen-bond acceptors (Lipinski definition) is 3. The number of benzene rings is 1. The molecular weight excluding hydrogens is 242 g/mol. The highest BCUT2D eigenvalue weighted by molar-refractivity contribution is 5.88. The maximum atomic E-state index is 11.0. The summed E-state index contributed by atoms with van der Waals surface area (Å²) in [6, 6.07) is 9.36. The normalized spacial score (nSPS) is 10.2. The number of carboxylic acids is 1. The van der Waals surface area contributed by atoms with Crippen LogP contribution < -0.4 is 4.74 Å². The van der Waals surface area contributed by atoms with Gasteiger partial charge in [0, 0.05) is 6.20 Å². The first-order chi connectivity index (χ1) is 9.08. The predicted octanol–water partition coefficient (Wildman–Crippen LogP) is 2.98. The summed E-state index contributed by atoms with van der Waals surface area (Å²) in [6.45, 7) is 4.34. The fraction of sp³-hybridized carbons (Fsp3) is 0.200. The van der Waals surface area contributed by atoms with Crippen molar-refractivity contribution in [2.75, 3.05) is 0 Å². The molecule has 1 N–H and O–H groups in total. The zero-order chi connectivity index (χ0) is 13.8. The number of aryl methyl sites for hydroxylation is 2. The van der Waals surface area contributed by atoms with Crippen molar-refractivity contribution in [3.8, 4) is 5.75 Å². The van der Waals surface area contributed by atoms with Crippen LogP contribution in [0.15, 0.2) is 36.5 Å². The molecule has 98 valence electrons. The number of rotatable bonds is 4. The van der Waals surface area contributed by atoms with Crippen LogP contribution in [0.2, 0.25) is 0 Å². The Morgan fingerprint density at radius 1 is 1.32 bits per heavy atom. The standard InChI is InChI=1S/C15H15NO3/c1-10-5-6-11(2)12(8-10)9-19-13-4-3-7-16-14(13)15(17)18/h3-8H,9H2,1-2H3,(H,17,18). The molecule has 0 amide bonds. The maximum Gasteiger partial charge on any atom is 0.358 e. The van der Waals surface area contributed by atoms with Crippen molar-refractivity contribution >= 4 is 5.97 Å². The average Bonchev–Trinajstić information content (AvgIpc) is 2.40. The lowest BCUT2D eigenvalue weighted by Gasteiger charge is -2.10. The Bertz CT molecular complexity index is 608. The van der Waals surface area contributed by atoms with E-state index in [1.54, 1.807) is 12.1 Å². The van der Waals surface area contributed by atoms with Crippen molar-refractivity contribution in [2.24, 2.45) is 0 Å². The third-order valence-electron chi connectivity index (χ3n) is 2.86. The van der Waals surface area contributed by atoms with Crippen LogP contribution in [0.4, 0.5) is 0 Å². The van der Waals surface area contributed by atoms with Gasteiger partial charge in [-0.15, -0.1) is 0 Å². The highest BCUT2D eigenvalue weighted by Crippen LogP contribution is 2.18. The van der Waals surface area contributed by atoms with E-state index in [1.165, 1.54) is 6.20 Å². The van der Waals surface area contributed by atoms with Crippen LogP contribution in [0.1, 0.15) is 27.2 Å². The number of hydrogen-bond donors (Lipinski definition) is 1. The largest absolute Gasteiger partial charge is 0.486 e. The van der Waals surface area contributed by atoms with Gasteiger partial charge in [-0.3, -0.25) is 0 Å². The summed E-state index contributed by atoms with van der Waals surface area (Å²) in [5, 5.41) is 9.02. The van der Waals surface area contributed by atoms with E-state index in [9.17, 15) is 4.79 Å². The lowest BCUT2D eigenvalue weighted by molar-refractivity contribution is 0.0685. The molecule has 1 aromatic heterocycles. The first kappa shape index (κ1) is 13.1. The zero-order valence-corrected chi connectivity index (χ0v) is 10.9. The highest BCUT2D eigenvalue weighted by atomic mass is 16.5. The van der Waals surface area contributed by atoms with Crippen molar-refractivity contribution in [3.05, 3.63) is 58.9 Å². The van der Waals surface area contributed by atoms with Gasteiger partial charge in [0.05, 0.1) is 0 Å². The topological polar surface area (TPSA) is 59.4 Å². The minimum atomic E-state index is -1.09. The summed E-state index contributed by atoms with van der Waals surface area (Å²) >= 11 is 0. The number of ether oxygens (including phenoxy) is 1. The summed E-state index contributed by atoms with van der Waals surface area (Å²) in [5.74, 6) is -0.799. The SMILES string of the molecule is Cc1ccc(C)c(COc2cccnc2C(=O)O)c1. The Morgan fingerprint density at radius 2 is 2.11 bits per heavy atom. The molecule has 0 radical (unpaired) electrons. The molecular formula is C15H15NO3. The van der Waals surface area contributed by atoms with Crippen molar-refractivity contribution in [2.45, 2.75) is 20.5 Å². The van der Waals surface area contributed by atoms with Gasteiger partial charge in [0.1, 0.15) is 6.61 Å². The number of nitrogens with zero attached hydrogens (tertiary/aromatic N) is 1. The third-order valence-corrected chi connectivity index (χ3v) is 2.86. The minimum absolute atomic E-state index is 0.0622. The molecule has 4 nitrogen and oxygen atoms in total. The Balaban J connectivity index is 2.19. The summed E-state index contributed by atoms with van der Waals surface area (Å²) < 4.78 is 5.58. The summed E-state index contributed by atoms with van der Waals surface area (Å²) in [4.78, 5) is 14.8. The molecule has 2 rings (SSSR count). The monoisotopic (exact) mass is 257 g/mol. The second-order valence-corrected chi connectivity index (χ2v) is 4.37. The van der Waals surface area contributed by atoms with Crippen LogP contribution in [-0.2, 0) is 6.61 Å². The van der Waals surface area contributed by atoms with Crippen LogP contribution in [0.25, 0.3) is 0 Å². The van der Waals surface area contributed by atoms with Crippen LogP contribution in [0.3, 0.4) is 0 Å². The second kappa shape index (κ2) is 5.52. The van der Waals surface area contributed by atoms with Gasteiger partial charge >= 0.3 is 5.97 Å². The quantitative estimate of drug-likeness (QED) is 0.914. The molecule has 0 aliphatic carbocycles. The Labute approximate surface area is 111 Å². The molecule has 0 unspecified atom stereocenters. The molecule has 1 aromatic carbocycles. The van der Waals surface area contributed by atoms with Crippen molar-refractivity contribution in [3.63, 3.8) is 0 Å². The molecule has 0 saturated carbocycles. The van der Waals surface area contributed by atoms with Gasteiger partial charge in [-0.2, -0.15) is 0 Å². The first-order valence-electron chi connectivity index (χ1n) is 5.95. The van der Waals surface area contributed by atoms with E-state index < -0.39 is 5.97 Å². The molecule has 0 aliphatic heterocycles. The van der Waals surface area contributed by atoms with Crippen molar-refractivity contribution in [1.29, 1.82) is 0 Å². The van der Waals surface area contributed by atoms with Gasteiger partial charge in [0.25, 0.3) is 0 Å². The molecule has 0 bridgehead atoms. The molecule has 0 aliphatic rings. The predicted molar refractivity (Wildman–Crippen MR) is 71.4 cm³/mol. The van der Waals surface area contributed by atoms with Gasteiger partial charge < -0.3 is 9.84 Å². The van der Waals surface area contributed by atoms with Crippen LogP contribution >= 0.6 is 0 Å². The smallest absolute Gasteiger partial charge is 0.358 e. The third kappa shape index (κ3) is 3.10. The van der Waals surface area contributed by atoms with Gasteiger partial charge in [-0.25, -0.2) is 9.78 Å². The lowest BCUT2D eigenvalue weighted by atomic mass is 10.1. The van der Waals surface area contributed by atoms with E-state index in [0.717, 1.165) is 16.7 Å². The number of carbonyl (C=O) groups is 1. The van der Waals surface area contributed by atoms with E-state index in [0.29, 0.717) is 6.61 Å². The molecule has 4 heteroatoms. The van der Waals surface area contributed by atoms with Crippen molar-refractivity contribution in [1.82, 2.24) is 4.98 Å². The first-order valence-corrected chi connectivity index (χ1v) is 5.95. The lowest BCUT2D eigenvalue weighted by Crippen LogP contribution is -2.06. The van der Waals surface area contributed by atoms with Gasteiger partial charge in [-0.05, 0) is 37.1 Å². The molecule has 19 heavy (non-hydrogen) atoms. The van der Waals surface area contributed by atoms with Gasteiger partial charge in [0.15, 0.2) is 11.4 Å². The van der Waals surface area contributed by atoms with Gasteiger partial charge in [0.2, 0.25) is 0 Å². The molecule has 0 saturated heterocycles. The Hall–Kier alpha value is -2.36. The second-order valence-electron chi connectivity index (χ2n) is 4.37. The molecule has 0 fully saturated rings. The molecule has 0 atom stereocenters. The van der Waals surface area contributed by atoms with Gasteiger partial charge in [-0.1, -0.05) is 23.8 Å².